The number of non-ortho nitro benzene ring substituents is 1. The second-order valence-electron chi connectivity index (χ2n) is 5.37. The van der Waals surface area contributed by atoms with Gasteiger partial charge in [-0.25, -0.2) is 0 Å². The Bertz CT molecular complexity index is 904. The largest absolute Gasteiger partial charge is 0.383 e. The van der Waals surface area contributed by atoms with E-state index in [1.54, 1.807) is 18.3 Å². The van der Waals surface area contributed by atoms with Gasteiger partial charge in [-0.15, -0.1) is 0 Å². The number of amides is 1. The number of fused-ring (bicyclic) bond motifs is 1. The van der Waals surface area contributed by atoms with E-state index in [-0.39, 0.29) is 11.6 Å². The number of carbonyl (C=O) groups is 1. The van der Waals surface area contributed by atoms with E-state index in [1.165, 1.54) is 12.1 Å². The molecule has 0 aliphatic heterocycles. The molecular weight excluding hydrogens is 320 g/mol. The predicted molar refractivity (Wildman–Crippen MR) is 95.7 cm³/mol. The highest BCUT2D eigenvalue weighted by Gasteiger charge is 2.10. The van der Waals surface area contributed by atoms with Gasteiger partial charge in [-0.05, 0) is 23.6 Å². The molecule has 3 aromatic rings. The molecule has 2 aromatic carbocycles. The molecule has 0 fully saturated rings. The monoisotopic (exact) mass is 336 g/mol. The Morgan fingerprint density at radius 3 is 2.56 bits per heavy atom. The average Bonchev–Trinajstić information content (AvgIpc) is 2.65. The number of nitrogens with zero attached hydrogens (tertiary/aromatic N) is 2. The van der Waals surface area contributed by atoms with Crippen LogP contribution in [0.5, 0.6) is 0 Å². The summed E-state index contributed by atoms with van der Waals surface area (Å²) in [6.45, 7) is 0.898. The fraction of sp³-hybridized carbons (Fsp3) is 0.111. The van der Waals surface area contributed by atoms with Gasteiger partial charge >= 0.3 is 0 Å². The molecule has 0 unspecified atom stereocenters. The van der Waals surface area contributed by atoms with E-state index >= 15 is 0 Å². The second kappa shape index (κ2) is 7.39. The molecule has 2 N–H and O–H groups in total. The Labute approximate surface area is 143 Å². The molecule has 0 radical (unpaired) electrons. The number of hydrogen-bond donors (Lipinski definition) is 2. The van der Waals surface area contributed by atoms with Crippen LogP contribution in [0.25, 0.3) is 10.8 Å². The topological polar surface area (TPSA) is 97.2 Å². The maximum Gasteiger partial charge on any atom is 0.270 e. The van der Waals surface area contributed by atoms with Crippen LogP contribution in [-0.2, 0) is 0 Å². The number of nitrogens with one attached hydrogen (secondary N) is 2. The number of anilines is 1. The van der Waals surface area contributed by atoms with Crippen LogP contribution < -0.4 is 10.6 Å². The van der Waals surface area contributed by atoms with Gasteiger partial charge in [0.15, 0.2) is 0 Å². The van der Waals surface area contributed by atoms with Gasteiger partial charge in [-0.1, -0.05) is 24.3 Å². The van der Waals surface area contributed by atoms with Crippen molar-refractivity contribution in [1.82, 2.24) is 10.3 Å². The summed E-state index contributed by atoms with van der Waals surface area (Å²) in [5, 5.41) is 18.3. The summed E-state index contributed by atoms with van der Waals surface area (Å²) in [6.07, 6.45) is 1.62. The molecule has 0 aliphatic carbocycles. The van der Waals surface area contributed by atoms with Crippen LogP contribution in [0.15, 0.2) is 60.8 Å². The van der Waals surface area contributed by atoms with Gasteiger partial charge in [0.25, 0.3) is 11.6 Å². The van der Waals surface area contributed by atoms with E-state index in [4.69, 9.17) is 0 Å². The van der Waals surface area contributed by atoms with E-state index in [0.29, 0.717) is 18.8 Å². The zero-order chi connectivity index (χ0) is 17.6. The molecular formula is C18H16N4O3. The van der Waals surface area contributed by atoms with Crippen molar-refractivity contribution in [2.75, 3.05) is 18.4 Å². The van der Waals surface area contributed by atoms with Crippen LogP contribution in [0.3, 0.4) is 0 Å². The average molecular weight is 336 g/mol. The Morgan fingerprint density at radius 2 is 1.80 bits per heavy atom. The van der Waals surface area contributed by atoms with Gasteiger partial charge in [0.2, 0.25) is 0 Å². The standard InChI is InChI=1S/C18H16N4O3/c23-18(17-16-4-2-1-3-13(16)9-10-20-17)21-12-11-19-14-5-7-15(8-6-14)22(24)25/h1-10,19H,11-12H2,(H,21,23). The molecule has 0 spiro atoms. The lowest BCUT2D eigenvalue weighted by Crippen LogP contribution is -2.29. The molecule has 7 nitrogen and oxygen atoms in total. The van der Waals surface area contributed by atoms with Crippen molar-refractivity contribution in [1.29, 1.82) is 0 Å². The first-order chi connectivity index (χ1) is 12.1. The Kier molecular flexibility index (Phi) is 4.84. The molecule has 1 heterocycles. The predicted octanol–water partition coefficient (Wildman–Crippen LogP) is 2.98. The molecule has 7 heteroatoms. The summed E-state index contributed by atoms with van der Waals surface area (Å²) in [6, 6.07) is 15.6. The summed E-state index contributed by atoms with van der Waals surface area (Å²) >= 11 is 0. The Morgan fingerprint density at radius 1 is 1.04 bits per heavy atom. The normalized spacial score (nSPS) is 10.4. The molecule has 1 aromatic heterocycles. The van der Waals surface area contributed by atoms with Crippen molar-refractivity contribution in [3.63, 3.8) is 0 Å². The van der Waals surface area contributed by atoms with E-state index in [9.17, 15) is 14.9 Å². The molecule has 1 amide bonds. The van der Waals surface area contributed by atoms with Crippen LogP contribution >= 0.6 is 0 Å². The number of hydrogen-bond acceptors (Lipinski definition) is 5. The fourth-order valence-electron chi connectivity index (χ4n) is 2.47. The second-order valence-corrected chi connectivity index (χ2v) is 5.37. The third-order valence-electron chi connectivity index (χ3n) is 3.71. The minimum atomic E-state index is -0.443. The summed E-state index contributed by atoms with van der Waals surface area (Å²) in [7, 11) is 0. The number of benzene rings is 2. The molecule has 3 rings (SSSR count). The van der Waals surface area contributed by atoms with Crippen molar-refractivity contribution in [2.24, 2.45) is 0 Å². The summed E-state index contributed by atoms with van der Waals surface area (Å²) < 4.78 is 0. The quantitative estimate of drug-likeness (QED) is 0.410. The van der Waals surface area contributed by atoms with Crippen LogP contribution in [-0.4, -0.2) is 28.9 Å². The van der Waals surface area contributed by atoms with Gasteiger partial charge in [0, 0.05) is 42.5 Å². The lowest BCUT2D eigenvalue weighted by atomic mass is 10.1. The highest BCUT2D eigenvalue weighted by molar-refractivity contribution is 6.05. The summed E-state index contributed by atoms with van der Waals surface area (Å²) in [4.78, 5) is 26.7. The molecule has 0 saturated carbocycles. The number of pyridine rings is 1. The van der Waals surface area contributed by atoms with Crippen molar-refractivity contribution in [3.8, 4) is 0 Å². The number of nitro groups is 1. The van der Waals surface area contributed by atoms with Gasteiger partial charge in [0.05, 0.1) is 4.92 Å². The van der Waals surface area contributed by atoms with Crippen molar-refractivity contribution in [2.45, 2.75) is 0 Å². The van der Waals surface area contributed by atoms with E-state index in [0.717, 1.165) is 16.5 Å². The smallest absolute Gasteiger partial charge is 0.270 e. The first-order valence-corrected chi connectivity index (χ1v) is 7.75. The molecule has 0 aliphatic rings. The molecule has 25 heavy (non-hydrogen) atoms. The minimum absolute atomic E-state index is 0.0425. The van der Waals surface area contributed by atoms with Gasteiger partial charge in [-0.2, -0.15) is 0 Å². The highest BCUT2D eigenvalue weighted by Crippen LogP contribution is 2.16. The number of rotatable bonds is 6. The maximum atomic E-state index is 12.3. The van der Waals surface area contributed by atoms with Crippen LogP contribution in [0.2, 0.25) is 0 Å². The molecule has 126 valence electrons. The summed E-state index contributed by atoms with van der Waals surface area (Å²) in [5.41, 5.74) is 1.19. The zero-order valence-corrected chi connectivity index (χ0v) is 13.3. The lowest BCUT2D eigenvalue weighted by Gasteiger charge is -2.09. The van der Waals surface area contributed by atoms with E-state index in [2.05, 4.69) is 15.6 Å². The Balaban J connectivity index is 1.55. The third-order valence-corrected chi connectivity index (χ3v) is 3.71. The molecule has 0 bridgehead atoms. The van der Waals surface area contributed by atoms with Crippen LogP contribution in [0.1, 0.15) is 10.5 Å². The maximum absolute atomic E-state index is 12.3. The van der Waals surface area contributed by atoms with Crippen molar-refractivity contribution in [3.05, 3.63) is 76.6 Å². The zero-order valence-electron chi connectivity index (χ0n) is 13.3. The number of nitro benzene ring substituents is 1. The first kappa shape index (κ1) is 16.4. The SMILES string of the molecule is O=C(NCCNc1ccc([N+](=O)[O-])cc1)c1nccc2ccccc12. The van der Waals surface area contributed by atoms with E-state index < -0.39 is 4.92 Å². The lowest BCUT2D eigenvalue weighted by molar-refractivity contribution is -0.384. The van der Waals surface area contributed by atoms with Crippen molar-refractivity contribution >= 4 is 28.1 Å². The van der Waals surface area contributed by atoms with Gasteiger partial charge < -0.3 is 10.6 Å². The van der Waals surface area contributed by atoms with Gasteiger partial charge in [0.1, 0.15) is 5.69 Å². The first-order valence-electron chi connectivity index (χ1n) is 7.75. The minimum Gasteiger partial charge on any atom is -0.383 e. The van der Waals surface area contributed by atoms with Crippen LogP contribution in [0.4, 0.5) is 11.4 Å². The highest BCUT2D eigenvalue weighted by atomic mass is 16.6. The fourth-order valence-corrected chi connectivity index (χ4v) is 2.47. The summed E-state index contributed by atoms with van der Waals surface area (Å²) in [5.74, 6) is -0.234. The Hall–Kier alpha value is -3.48. The third kappa shape index (κ3) is 3.89. The molecule has 0 atom stereocenters. The van der Waals surface area contributed by atoms with E-state index in [1.807, 2.05) is 30.3 Å². The number of aromatic nitrogens is 1. The molecule has 0 saturated heterocycles. The van der Waals surface area contributed by atoms with Crippen LogP contribution in [0, 0.1) is 10.1 Å². The van der Waals surface area contributed by atoms with Crippen molar-refractivity contribution < 1.29 is 9.72 Å². The van der Waals surface area contributed by atoms with Gasteiger partial charge in [-0.3, -0.25) is 19.9 Å². The number of carbonyl (C=O) groups excluding carboxylic acids is 1.